The van der Waals surface area contributed by atoms with E-state index in [2.05, 4.69) is 6.92 Å². The Morgan fingerprint density at radius 3 is 2.68 bits per heavy atom. The zero-order valence-electron chi connectivity index (χ0n) is 15.4. The molecule has 0 aromatic carbocycles. The first kappa shape index (κ1) is 17.9. The van der Waals surface area contributed by atoms with Crippen LogP contribution in [0.1, 0.15) is 41.0 Å². The molecule has 0 N–H and O–H groups in total. The van der Waals surface area contributed by atoms with Gasteiger partial charge >= 0.3 is 11.9 Å². The Morgan fingerprint density at radius 1 is 1.36 bits per heavy atom. The lowest BCUT2D eigenvalue weighted by molar-refractivity contribution is -0.163. The van der Waals surface area contributed by atoms with E-state index in [1.807, 2.05) is 13.0 Å². The van der Waals surface area contributed by atoms with Gasteiger partial charge in [0.25, 0.3) is 0 Å². The van der Waals surface area contributed by atoms with Crippen molar-refractivity contribution >= 4 is 17.7 Å². The summed E-state index contributed by atoms with van der Waals surface area (Å²) in [6.07, 6.45) is 4.91. The van der Waals surface area contributed by atoms with Crippen molar-refractivity contribution in [1.29, 1.82) is 0 Å². The van der Waals surface area contributed by atoms with E-state index in [1.165, 1.54) is 0 Å². The molecule has 1 saturated heterocycles. The predicted octanol–water partition coefficient (Wildman–Crippen LogP) is 2.84. The lowest BCUT2D eigenvalue weighted by Crippen LogP contribution is -2.50. The van der Waals surface area contributed by atoms with Crippen LogP contribution in [0.25, 0.3) is 0 Å². The summed E-state index contributed by atoms with van der Waals surface area (Å²) in [6, 6.07) is 0. The van der Waals surface area contributed by atoms with Crippen LogP contribution in [-0.4, -0.2) is 29.9 Å². The number of fused-ring (bicyclic) bond motifs is 2. The Balaban J connectivity index is 2.07. The third-order valence-corrected chi connectivity index (χ3v) is 6.47. The smallest absolute Gasteiger partial charge is 0.333 e. The summed E-state index contributed by atoms with van der Waals surface area (Å²) < 4.78 is 11.5. The Hall–Kier alpha value is -1.91. The van der Waals surface area contributed by atoms with Gasteiger partial charge in [0.2, 0.25) is 0 Å². The molecule has 0 aromatic rings. The van der Waals surface area contributed by atoms with Gasteiger partial charge in [-0.1, -0.05) is 26.0 Å². The van der Waals surface area contributed by atoms with Gasteiger partial charge in [-0.05, 0) is 45.1 Å². The van der Waals surface area contributed by atoms with Crippen LogP contribution in [0.5, 0.6) is 0 Å². The van der Waals surface area contributed by atoms with Gasteiger partial charge in [0.05, 0.1) is 11.3 Å². The van der Waals surface area contributed by atoms with E-state index < -0.39 is 23.4 Å². The van der Waals surface area contributed by atoms with Crippen molar-refractivity contribution in [3.05, 3.63) is 23.8 Å². The molecule has 25 heavy (non-hydrogen) atoms. The number of ketones is 1. The summed E-state index contributed by atoms with van der Waals surface area (Å²) in [5.74, 6) is -1.32. The molecule has 0 spiro atoms. The van der Waals surface area contributed by atoms with Crippen molar-refractivity contribution in [2.75, 3.05) is 0 Å². The van der Waals surface area contributed by atoms with E-state index in [-0.39, 0.29) is 35.6 Å². The number of hydrogen-bond acceptors (Lipinski definition) is 5. The Morgan fingerprint density at radius 2 is 2.04 bits per heavy atom. The maximum absolute atomic E-state index is 12.8. The summed E-state index contributed by atoms with van der Waals surface area (Å²) in [7, 11) is 0. The van der Waals surface area contributed by atoms with Crippen LogP contribution in [0.3, 0.4) is 0 Å². The lowest BCUT2D eigenvalue weighted by atomic mass is 9.66. The molecular formula is C20H26O5. The number of rotatable bonds is 2. The van der Waals surface area contributed by atoms with Crippen molar-refractivity contribution in [2.24, 2.45) is 29.1 Å². The number of ether oxygens (including phenoxy) is 2. The molecule has 5 heteroatoms. The van der Waals surface area contributed by atoms with Gasteiger partial charge in [-0.2, -0.15) is 0 Å². The van der Waals surface area contributed by atoms with Gasteiger partial charge < -0.3 is 9.47 Å². The SMILES string of the molecule is C/C=C(/C)C(=O)O[C@@H]1[C@@H]2[C@H](C[C@H](C)[C@H]3C=CC(=O)[C@@]31C)OC(=O)[C@@H]2C. The van der Waals surface area contributed by atoms with E-state index in [9.17, 15) is 14.4 Å². The van der Waals surface area contributed by atoms with E-state index in [1.54, 1.807) is 32.9 Å². The Bertz CT molecular complexity index is 676. The first-order valence-electron chi connectivity index (χ1n) is 8.98. The number of carbonyl (C=O) groups is 3. The van der Waals surface area contributed by atoms with Crippen molar-refractivity contribution in [3.63, 3.8) is 0 Å². The minimum Gasteiger partial charge on any atom is -0.462 e. The fourth-order valence-electron chi connectivity index (χ4n) is 4.76. The third-order valence-electron chi connectivity index (χ3n) is 6.47. The highest BCUT2D eigenvalue weighted by atomic mass is 16.6. The standard InChI is InChI=1S/C20H26O5/c1-6-10(2)18(22)25-17-16-12(4)19(23)24-14(16)9-11(3)13-7-8-15(21)20(13,17)5/h6-8,11-14,16-17H,9H2,1-5H3/b10-6-/t11-,12+,13+,14-,16-,17+,20+/m0/s1. The van der Waals surface area contributed by atoms with Crippen LogP contribution < -0.4 is 0 Å². The van der Waals surface area contributed by atoms with Gasteiger partial charge in [-0.3, -0.25) is 9.59 Å². The van der Waals surface area contributed by atoms with Gasteiger partial charge in [0.15, 0.2) is 5.78 Å². The topological polar surface area (TPSA) is 69.7 Å². The highest BCUT2D eigenvalue weighted by Crippen LogP contribution is 2.54. The third kappa shape index (κ3) is 2.55. The highest BCUT2D eigenvalue weighted by molar-refractivity contribution is 5.99. The molecular weight excluding hydrogens is 320 g/mol. The number of hydrogen-bond donors (Lipinski definition) is 0. The molecule has 1 heterocycles. The van der Waals surface area contributed by atoms with Crippen LogP contribution in [0.4, 0.5) is 0 Å². The zero-order chi connectivity index (χ0) is 18.5. The second-order valence-corrected chi connectivity index (χ2v) is 7.88. The summed E-state index contributed by atoms with van der Waals surface area (Å²) in [6.45, 7) is 9.20. The minimum atomic E-state index is -0.856. The molecule has 0 bridgehead atoms. The van der Waals surface area contributed by atoms with Gasteiger partial charge in [-0.25, -0.2) is 4.79 Å². The molecule has 2 fully saturated rings. The number of esters is 2. The van der Waals surface area contributed by atoms with Gasteiger partial charge in [0.1, 0.15) is 12.2 Å². The fraction of sp³-hybridized carbons (Fsp3) is 0.650. The molecule has 3 rings (SSSR count). The fourth-order valence-corrected chi connectivity index (χ4v) is 4.76. The van der Waals surface area contributed by atoms with E-state index in [0.29, 0.717) is 12.0 Å². The van der Waals surface area contributed by atoms with Crippen LogP contribution >= 0.6 is 0 Å². The van der Waals surface area contributed by atoms with Crippen LogP contribution in [-0.2, 0) is 23.9 Å². The molecule has 0 radical (unpaired) electrons. The molecule has 1 saturated carbocycles. The largest absolute Gasteiger partial charge is 0.462 e. The summed E-state index contributed by atoms with van der Waals surface area (Å²) in [4.78, 5) is 37.5. The average molecular weight is 346 g/mol. The summed E-state index contributed by atoms with van der Waals surface area (Å²) in [5.41, 5.74) is -0.365. The molecule has 2 aliphatic carbocycles. The molecule has 0 amide bonds. The lowest BCUT2D eigenvalue weighted by Gasteiger charge is -2.40. The molecule has 1 aliphatic heterocycles. The first-order chi connectivity index (χ1) is 11.7. The van der Waals surface area contributed by atoms with Gasteiger partial charge in [-0.15, -0.1) is 0 Å². The van der Waals surface area contributed by atoms with Crippen molar-refractivity contribution < 1.29 is 23.9 Å². The maximum Gasteiger partial charge on any atom is 0.333 e. The van der Waals surface area contributed by atoms with Crippen LogP contribution in [0.15, 0.2) is 23.8 Å². The number of allylic oxidation sites excluding steroid dienone is 3. The Kier molecular flexibility index (Phi) is 4.38. The molecule has 7 atom stereocenters. The highest BCUT2D eigenvalue weighted by Gasteiger charge is 2.62. The van der Waals surface area contributed by atoms with Crippen molar-refractivity contribution in [1.82, 2.24) is 0 Å². The molecule has 3 aliphatic rings. The van der Waals surface area contributed by atoms with E-state index in [0.717, 1.165) is 0 Å². The minimum absolute atomic E-state index is 0.0276. The quantitative estimate of drug-likeness (QED) is 0.568. The summed E-state index contributed by atoms with van der Waals surface area (Å²) >= 11 is 0. The van der Waals surface area contributed by atoms with Crippen LogP contribution in [0, 0.1) is 29.1 Å². The molecule has 136 valence electrons. The van der Waals surface area contributed by atoms with E-state index in [4.69, 9.17) is 9.47 Å². The molecule has 0 aromatic heterocycles. The van der Waals surface area contributed by atoms with E-state index >= 15 is 0 Å². The first-order valence-corrected chi connectivity index (χ1v) is 8.98. The second-order valence-electron chi connectivity index (χ2n) is 7.88. The molecule has 5 nitrogen and oxygen atoms in total. The zero-order valence-corrected chi connectivity index (χ0v) is 15.4. The average Bonchev–Trinajstić information content (AvgIpc) is 2.99. The summed E-state index contributed by atoms with van der Waals surface area (Å²) in [5, 5.41) is 0. The maximum atomic E-state index is 12.8. The van der Waals surface area contributed by atoms with Gasteiger partial charge in [0, 0.05) is 11.5 Å². The normalized spacial score (nSPS) is 43.3. The molecule has 0 unspecified atom stereocenters. The Labute approximate surface area is 148 Å². The predicted molar refractivity (Wildman–Crippen MR) is 91.4 cm³/mol. The monoisotopic (exact) mass is 346 g/mol. The number of carbonyl (C=O) groups excluding carboxylic acids is 3. The van der Waals surface area contributed by atoms with Crippen molar-refractivity contribution in [3.8, 4) is 0 Å². The van der Waals surface area contributed by atoms with Crippen molar-refractivity contribution in [2.45, 2.75) is 53.2 Å². The second kappa shape index (κ2) is 6.11. The van der Waals surface area contributed by atoms with Crippen LogP contribution in [0.2, 0.25) is 0 Å².